The average molecular weight is 350 g/mol. The number of rotatable bonds is 6. The summed E-state index contributed by atoms with van der Waals surface area (Å²) in [5.41, 5.74) is 2.39. The van der Waals surface area contributed by atoms with E-state index in [2.05, 4.69) is 38.1 Å². The zero-order valence-electron chi connectivity index (χ0n) is 11.5. The standard InChI is InChI=1S/C15H16BrN3O2/c16-15-7-14(19(20)21)4-1-12(15)10-18-6-5-11(9-18)8-17-13-2-3-13/h1,4-7,9,13,17H,2-3,8,10H2. The van der Waals surface area contributed by atoms with E-state index in [0.717, 1.165) is 16.6 Å². The maximum absolute atomic E-state index is 10.7. The van der Waals surface area contributed by atoms with Gasteiger partial charge >= 0.3 is 0 Å². The molecule has 3 rings (SSSR count). The largest absolute Gasteiger partial charge is 0.350 e. The zero-order chi connectivity index (χ0) is 14.8. The Kier molecular flexibility index (Phi) is 4.07. The molecule has 0 saturated heterocycles. The first-order chi connectivity index (χ1) is 10.1. The molecule has 21 heavy (non-hydrogen) atoms. The zero-order valence-corrected chi connectivity index (χ0v) is 13.0. The summed E-state index contributed by atoms with van der Waals surface area (Å²) in [6, 6.07) is 7.70. The molecule has 0 aliphatic heterocycles. The van der Waals surface area contributed by atoms with Crippen LogP contribution in [0.1, 0.15) is 24.0 Å². The molecule has 0 unspecified atom stereocenters. The molecule has 1 aromatic carbocycles. The maximum Gasteiger partial charge on any atom is 0.270 e. The van der Waals surface area contributed by atoms with Crippen molar-refractivity contribution in [3.05, 3.63) is 62.4 Å². The van der Waals surface area contributed by atoms with Crippen molar-refractivity contribution >= 4 is 21.6 Å². The third-order valence-electron chi connectivity index (χ3n) is 3.58. The summed E-state index contributed by atoms with van der Waals surface area (Å²) < 4.78 is 2.86. The number of aromatic nitrogens is 1. The van der Waals surface area contributed by atoms with Crippen molar-refractivity contribution < 1.29 is 4.92 Å². The summed E-state index contributed by atoms with van der Waals surface area (Å²) in [6.45, 7) is 1.60. The Balaban J connectivity index is 1.66. The first-order valence-corrected chi connectivity index (χ1v) is 7.72. The van der Waals surface area contributed by atoms with Gasteiger partial charge in [-0.05, 0) is 36.1 Å². The highest BCUT2D eigenvalue weighted by molar-refractivity contribution is 9.10. The number of non-ortho nitro benzene ring substituents is 1. The number of hydrogen-bond acceptors (Lipinski definition) is 3. The molecule has 1 N–H and O–H groups in total. The van der Waals surface area contributed by atoms with Crippen LogP contribution in [0.15, 0.2) is 41.1 Å². The van der Waals surface area contributed by atoms with E-state index in [1.807, 2.05) is 6.20 Å². The molecule has 0 atom stereocenters. The Morgan fingerprint density at radius 1 is 1.38 bits per heavy atom. The van der Waals surface area contributed by atoms with Gasteiger partial charge in [0.05, 0.1) is 4.92 Å². The number of nitrogens with zero attached hydrogens (tertiary/aromatic N) is 2. The van der Waals surface area contributed by atoms with Crippen LogP contribution < -0.4 is 5.32 Å². The van der Waals surface area contributed by atoms with Gasteiger partial charge in [0, 0.05) is 48.1 Å². The molecule has 1 aromatic heterocycles. The van der Waals surface area contributed by atoms with Gasteiger partial charge < -0.3 is 9.88 Å². The number of nitrogens with one attached hydrogen (secondary N) is 1. The van der Waals surface area contributed by atoms with Crippen LogP contribution in [0.5, 0.6) is 0 Å². The molecule has 1 saturated carbocycles. The smallest absolute Gasteiger partial charge is 0.270 e. The van der Waals surface area contributed by atoms with Crippen molar-refractivity contribution in [3.63, 3.8) is 0 Å². The second-order valence-electron chi connectivity index (χ2n) is 5.38. The molecule has 0 amide bonds. The van der Waals surface area contributed by atoms with E-state index in [4.69, 9.17) is 0 Å². The average Bonchev–Trinajstić information content (AvgIpc) is 3.18. The molecule has 0 bridgehead atoms. The van der Waals surface area contributed by atoms with Crippen molar-refractivity contribution in [1.29, 1.82) is 0 Å². The molecule has 5 nitrogen and oxygen atoms in total. The first-order valence-electron chi connectivity index (χ1n) is 6.92. The molecule has 1 aliphatic carbocycles. The van der Waals surface area contributed by atoms with Crippen LogP contribution in [-0.2, 0) is 13.1 Å². The predicted molar refractivity (Wildman–Crippen MR) is 84.2 cm³/mol. The molecule has 110 valence electrons. The van der Waals surface area contributed by atoms with Crippen molar-refractivity contribution in [3.8, 4) is 0 Å². The Labute approximate surface area is 131 Å². The number of halogens is 1. The van der Waals surface area contributed by atoms with E-state index in [9.17, 15) is 10.1 Å². The van der Waals surface area contributed by atoms with Crippen molar-refractivity contribution in [1.82, 2.24) is 9.88 Å². The fraction of sp³-hybridized carbons (Fsp3) is 0.333. The number of nitro benzene ring substituents is 1. The van der Waals surface area contributed by atoms with Crippen molar-refractivity contribution in [2.24, 2.45) is 0 Å². The maximum atomic E-state index is 10.7. The molecule has 0 radical (unpaired) electrons. The van der Waals surface area contributed by atoms with Gasteiger partial charge in [0.15, 0.2) is 0 Å². The molecular formula is C15H16BrN3O2. The lowest BCUT2D eigenvalue weighted by Crippen LogP contribution is -2.14. The highest BCUT2D eigenvalue weighted by atomic mass is 79.9. The molecule has 6 heteroatoms. The van der Waals surface area contributed by atoms with Gasteiger partial charge in [0.25, 0.3) is 5.69 Å². The Bertz CT molecular complexity index is 665. The Morgan fingerprint density at radius 2 is 2.19 bits per heavy atom. The van der Waals surface area contributed by atoms with E-state index in [1.165, 1.54) is 18.4 Å². The van der Waals surface area contributed by atoms with Gasteiger partial charge in [-0.1, -0.05) is 15.9 Å². The van der Waals surface area contributed by atoms with Crippen LogP contribution in [-0.4, -0.2) is 15.5 Å². The summed E-state index contributed by atoms with van der Waals surface area (Å²) in [6.07, 6.45) is 6.73. The van der Waals surface area contributed by atoms with Gasteiger partial charge in [0.1, 0.15) is 0 Å². The summed E-state index contributed by atoms with van der Waals surface area (Å²) in [5, 5.41) is 14.2. The second-order valence-corrected chi connectivity index (χ2v) is 6.23. The molecule has 1 fully saturated rings. The van der Waals surface area contributed by atoms with Gasteiger partial charge in [-0.15, -0.1) is 0 Å². The fourth-order valence-corrected chi connectivity index (χ4v) is 2.71. The van der Waals surface area contributed by atoms with Crippen LogP contribution in [0.25, 0.3) is 0 Å². The van der Waals surface area contributed by atoms with Crippen LogP contribution in [0.2, 0.25) is 0 Å². The van der Waals surface area contributed by atoms with Crippen molar-refractivity contribution in [2.45, 2.75) is 32.0 Å². The summed E-state index contributed by atoms with van der Waals surface area (Å²) in [5.74, 6) is 0. The lowest BCUT2D eigenvalue weighted by Gasteiger charge is -2.06. The molecule has 1 aliphatic rings. The third kappa shape index (κ3) is 3.71. The fourth-order valence-electron chi connectivity index (χ4n) is 2.22. The summed E-state index contributed by atoms with van der Waals surface area (Å²) in [4.78, 5) is 10.3. The van der Waals surface area contributed by atoms with E-state index < -0.39 is 0 Å². The molecular weight excluding hydrogens is 334 g/mol. The minimum Gasteiger partial charge on any atom is -0.350 e. The minimum atomic E-state index is -0.383. The second kappa shape index (κ2) is 5.99. The number of hydrogen-bond donors (Lipinski definition) is 1. The SMILES string of the molecule is O=[N+]([O-])c1ccc(Cn2ccc(CNC3CC3)c2)c(Br)c1. The van der Waals surface area contributed by atoms with Gasteiger partial charge in [-0.2, -0.15) is 0 Å². The van der Waals surface area contributed by atoms with Crippen LogP contribution in [0, 0.1) is 10.1 Å². The molecule has 1 heterocycles. The van der Waals surface area contributed by atoms with Crippen molar-refractivity contribution in [2.75, 3.05) is 0 Å². The highest BCUT2D eigenvalue weighted by Crippen LogP contribution is 2.24. The lowest BCUT2D eigenvalue weighted by atomic mass is 10.2. The van der Waals surface area contributed by atoms with Crippen LogP contribution in [0.4, 0.5) is 5.69 Å². The predicted octanol–water partition coefficient (Wildman–Crippen LogP) is 3.46. The molecule has 0 spiro atoms. The van der Waals surface area contributed by atoms with Gasteiger partial charge in [0.2, 0.25) is 0 Å². The topological polar surface area (TPSA) is 60.1 Å². The Hall–Kier alpha value is -1.66. The van der Waals surface area contributed by atoms with E-state index >= 15 is 0 Å². The minimum absolute atomic E-state index is 0.104. The normalized spacial score (nSPS) is 14.3. The van der Waals surface area contributed by atoms with E-state index in [0.29, 0.717) is 12.6 Å². The van der Waals surface area contributed by atoms with Crippen LogP contribution in [0.3, 0.4) is 0 Å². The van der Waals surface area contributed by atoms with E-state index in [1.54, 1.807) is 18.2 Å². The van der Waals surface area contributed by atoms with Gasteiger partial charge in [-0.25, -0.2) is 0 Å². The first kappa shape index (κ1) is 14.3. The summed E-state index contributed by atoms with van der Waals surface area (Å²) >= 11 is 3.41. The van der Waals surface area contributed by atoms with Crippen LogP contribution >= 0.6 is 15.9 Å². The monoisotopic (exact) mass is 349 g/mol. The quantitative estimate of drug-likeness (QED) is 0.641. The highest BCUT2D eigenvalue weighted by Gasteiger charge is 2.20. The third-order valence-corrected chi connectivity index (χ3v) is 4.32. The van der Waals surface area contributed by atoms with Gasteiger partial charge in [-0.3, -0.25) is 10.1 Å². The van der Waals surface area contributed by atoms with E-state index in [-0.39, 0.29) is 10.6 Å². The summed E-state index contributed by atoms with van der Waals surface area (Å²) in [7, 11) is 0. The number of benzene rings is 1. The molecule has 2 aromatic rings. The number of nitro groups is 1. The lowest BCUT2D eigenvalue weighted by molar-refractivity contribution is -0.384. The Morgan fingerprint density at radius 3 is 2.86 bits per heavy atom.